The highest BCUT2D eigenvalue weighted by Gasteiger charge is 2.50. The van der Waals surface area contributed by atoms with Crippen molar-refractivity contribution >= 4 is 29.2 Å². The molecule has 0 saturated heterocycles. The highest BCUT2D eigenvalue weighted by molar-refractivity contribution is 6.50. The van der Waals surface area contributed by atoms with Crippen molar-refractivity contribution in [2.24, 2.45) is 5.92 Å². The van der Waals surface area contributed by atoms with Gasteiger partial charge in [-0.1, -0.05) is 0 Å². The molecule has 0 unspecified atom stereocenters. The minimum Gasteiger partial charge on any atom is -0.481 e. The first-order valence-electron chi connectivity index (χ1n) is 3.12. The van der Waals surface area contributed by atoms with Crippen LogP contribution in [0.3, 0.4) is 0 Å². The summed E-state index contributed by atoms with van der Waals surface area (Å²) in [5, 5.41) is 8.27. The Kier molecular flexibility index (Phi) is 2.11. The molecule has 0 heterocycles. The molecule has 1 fully saturated rings. The first-order valence-corrected chi connectivity index (χ1v) is 3.87. The number of carboxylic acids is 1. The van der Waals surface area contributed by atoms with Crippen LogP contribution in [-0.2, 0) is 4.79 Å². The second-order valence-electron chi connectivity index (χ2n) is 2.59. The molecule has 1 aliphatic carbocycles. The standard InChI is InChI=1S/C6H8Cl2O2/c7-6(8)3-4(6)1-2-5(9)10/h4H,1-3H2,(H,9,10)/t4-/m1/s1. The van der Waals surface area contributed by atoms with Gasteiger partial charge >= 0.3 is 5.97 Å². The van der Waals surface area contributed by atoms with E-state index in [1.54, 1.807) is 0 Å². The van der Waals surface area contributed by atoms with Crippen LogP contribution >= 0.6 is 23.2 Å². The van der Waals surface area contributed by atoms with Crippen molar-refractivity contribution in [2.75, 3.05) is 0 Å². The maximum atomic E-state index is 10.1. The van der Waals surface area contributed by atoms with Crippen LogP contribution in [0.4, 0.5) is 0 Å². The lowest BCUT2D eigenvalue weighted by Crippen LogP contribution is -1.97. The van der Waals surface area contributed by atoms with Gasteiger partial charge in [0, 0.05) is 6.42 Å². The molecule has 0 bridgehead atoms. The molecule has 1 N–H and O–H groups in total. The topological polar surface area (TPSA) is 37.3 Å². The highest BCUT2D eigenvalue weighted by atomic mass is 35.5. The van der Waals surface area contributed by atoms with Crippen LogP contribution in [0.5, 0.6) is 0 Å². The lowest BCUT2D eigenvalue weighted by molar-refractivity contribution is -0.137. The molecule has 4 heteroatoms. The summed E-state index contributed by atoms with van der Waals surface area (Å²) >= 11 is 11.3. The number of hydrogen-bond acceptors (Lipinski definition) is 1. The quantitative estimate of drug-likeness (QED) is 0.679. The second-order valence-corrected chi connectivity index (χ2v) is 4.14. The van der Waals surface area contributed by atoms with E-state index in [0.29, 0.717) is 6.42 Å². The van der Waals surface area contributed by atoms with E-state index in [4.69, 9.17) is 28.3 Å². The summed E-state index contributed by atoms with van der Waals surface area (Å²) in [5.41, 5.74) is 0. The van der Waals surface area contributed by atoms with Gasteiger partial charge < -0.3 is 5.11 Å². The lowest BCUT2D eigenvalue weighted by Gasteiger charge is -1.95. The Balaban J connectivity index is 2.13. The van der Waals surface area contributed by atoms with E-state index in [0.717, 1.165) is 6.42 Å². The fraction of sp³-hybridized carbons (Fsp3) is 0.833. The number of carbonyl (C=O) groups is 1. The largest absolute Gasteiger partial charge is 0.481 e. The number of halogens is 2. The summed E-state index contributed by atoms with van der Waals surface area (Å²) in [6.07, 6.45) is 1.51. The van der Waals surface area contributed by atoms with Gasteiger partial charge in [-0.05, 0) is 18.8 Å². The van der Waals surface area contributed by atoms with E-state index < -0.39 is 10.3 Å². The molecule has 1 aliphatic rings. The van der Waals surface area contributed by atoms with Crippen molar-refractivity contribution in [3.05, 3.63) is 0 Å². The van der Waals surface area contributed by atoms with E-state index in [1.807, 2.05) is 0 Å². The molecule has 2 nitrogen and oxygen atoms in total. The van der Waals surface area contributed by atoms with Gasteiger partial charge in [-0.25, -0.2) is 0 Å². The van der Waals surface area contributed by atoms with Crippen molar-refractivity contribution in [3.63, 3.8) is 0 Å². The van der Waals surface area contributed by atoms with Gasteiger partial charge in [0.05, 0.1) is 0 Å². The number of hydrogen-bond donors (Lipinski definition) is 1. The highest BCUT2D eigenvalue weighted by Crippen LogP contribution is 2.55. The SMILES string of the molecule is O=C(O)CC[C@@H]1CC1(Cl)Cl. The first-order chi connectivity index (χ1) is 4.52. The van der Waals surface area contributed by atoms with E-state index in [9.17, 15) is 4.79 Å². The van der Waals surface area contributed by atoms with Gasteiger partial charge in [-0.15, -0.1) is 23.2 Å². The molecule has 0 radical (unpaired) electrons. The normalized spacial score (nSPS) is 28.0. The van der Waals surface area contributed by atoms with E-state index in [1.165, 1.54) is 0 Å². The van der Waals surface area contributed by atoms with Crippen molar-refractivity contribution < 1.29 is 9.90 Å². The first kappa shape index (κ1) is 8.15. The number of alkyl halides is 2. The van der Waals surface area contributed by atoms with Crippen LogP contribution in [0, 0.1) is 5.92 Å². The molecule has 10 heavy (non-hydrogen) atoms. The van der Waals surface area contributed by atoms with Gasteiger partial charge in [0.15, 0.2) is 0 Å². The average Bonchev–Trinajstić information content (AvgIpc) is 2.35. The van der Waals surface area contributed by atoms with Crippen LogP contribution in [0.15, 0.2) is 0 Å². The smallest absolute Gasteiger partial charge is 0.303 e. The van der Waals surface area contributed by atoms with Gasteiger partial charge in [-0.2, -0.15) is 0 Å². The average molecular weight is 183 g/mol. The third kappa shape index (κ3) is 2.03. The molecule has 0 aromatic rings. The molecule has 0 aromatic carbocycles. The molecule has 0 aromatic heterocycles. The van der Waals surface area contributed by atoms with Crippen molar-refractivity contribution in [3.8, 4) is 0 Å². The Morgan fingerprint density at radius 2 is 2.20 bits per heavy atom. The minimum absolute atomic E-state index is 0.172. The molecule has 1 rings (SSSR count). The molecular formula is C6H8Cl2O2. The zero-order chi connectivity index (χ0) is 7.78. The monoisotopic (exact) mass is 182 g/mol. The van der Waals surface area contributed by atoms with Crippen LogP contribution in [0.25, 0.3) is 0 Å². The van der Waals surface area contributed by atoms with Gasteiger partial charge in [0.1, 0.15) is 4.33 Å². The van der Waals surface area contributed by atoms with Crippen LogP contribution in [0.1, 0.15) is 19.3 Å². The van der Waals surface area contributed by atoms with E-state index in [2.05, 4.69) is 0 Å². The van der Waals surface area contributed by atoms with Crippen LogP contribution in [0.2, 0.25) is 0 Å². The van der Waals surface area contributed by atoms with Crippen LogP contribution < -0.4 is 0 Å². The van der Waals surface area contributed by atoms with Gasteiger partial charge in [0.2, 0.25) is 0 Å². The molecule has 58 valence electrons. The van der Waals surface area contributed by atoms with Gasteiger partial charge in [0.25, 0.3) is 0 Å². The van der Waals surface area contributed by atoms with E-state index in [-0.39, 0.29) is 12.3 Å². The minimum atomic E-state index is -0.781. The Morgan fingerprint density at radius 3 is 2.50 bits per heavy atom. The molecule has 1 atom stereocenters. The summed E-state index contributed by atoms with van der Waals surface area (Å²) in [6, 6.07) is 0. The fourth-order valence-corrected chi connectivity index (χ4v) is 1.47. The van der Waals surface area contributed by atoms with E-state index >= 15 is 0 Å². The maximum Gasteiger partial charge on any atom is 0.303 e. The fourth-order valence-electron chi connectivity index (χ4n) is 0.881. The number of carboxylic acid groups (broad SMARTS) is 1. The third-order valence-corrected chi connectivity index (χ3v) is 2.59. The van der Waals surface area contributed by atoms with Crippen LogP contribution in [-0.4, -0.2) is 15.4 Å². The summed E-state index contributed by atoms with van der Waals surface area (Å²) in [4.78, 5) is 10.1. The number of rotatable bonds is 3. The van der Waals surface area contributed by atoms with Crippen molar-refractivity contribution in [1.82, 2.24) is 0 Å². The van der Waals surface area contributed by atoms with Crippen molar-refractivity contribution in [2.45, 2.75) is 23.6 Å². The Morgan fingerprint density at radius 1 is 1.70 bits per heavy atom. The molecule has 0 amide bonds. The Hall–Kier alpha value is 0.0500. The molecule has 0 spiro atoms. The summed E-state index contributed by atoms with van der Waals surface area (Å²) in [7, 11) is 0. The lowest BCUT2D eigenvalue weighted by atomic mass is 10.2. The summed E-state index contributed by atoms with van der Waals surface area (Å²) < 4.78 is -0.616. The second kappa shape index (κ2) is 2.59. The Bertz CT molecular complexity index is 156. The predicted molar refractivity (Wildman–Crippen MR) is 39.4 cm³/mol. The molecular weight excluding hydrogens is 175 g/mol. The maximum absolute atomic E-state index is 10.1. The number of aliphatic carboxylic acids is 1. The zero-order valence-electron chi connectivity index (χ0n) is 5.31. The molecule has 0 aliphatic heterocycles. The zero-order valence-corrected chi connectivity index (χ0v) is 6.82. The summed E-state index contributed by atoms with van der Waals surface area (Å²) in [5.74, 6) is -0.581. The third-order valence-electron chi connectivity index (χ3n) is 1.66. The Labute approximate surface area is 69.1 Å². The van der Waals surface area contributed by atoms with Crippen molar-refractivity contribution in [1.29, 1.82) is 0 Å². The predicted octanol–water partition coefficient (Wildman–Crippen LogP) is 2.04. The summed E-state index contributed by atoms with van der Waals surface area (Å²) in [6.45, 7) is 0. The van der Waals surface area contributed by atoms with Gasteiger partial charge in [-0.3, -0.25) is 4.79 Å². The molecule has 1 saturated carbocycles.